The highest BCUT2D eigenvalue weighted by Gasteiger charge is 2.15. The topological polar surface area (TPSA) is 15.3 Å². The van der Waals surface area contributed by atoms with E-state index < -0.39 is 0 Å². The molecule has 1 N–H and O–H groups in total. The molecule has 2 heteroatoms. The summed E-state index contributed by atoms with van der Waals surface area (Å²) in [7, 11) is 0. The third kappa shape index (κ3) is 3.05. The molecule has 3 rings (SSSR count). The lowest BCUT2D eigenvalue weighted by Gasteiger charge is -2.30. The maximum atomic E-state index is 3.43. The minimum atomic E-state index is 0.504. The van der Waals surface area contributed by atoms with Crippen LogP contribution in [0.1, 0.15) is 25.0 Å². The third-order valence-corrected chi connectivity index (χ3v) is 4.37. The van der Waals surface area contributed by atoms with E-state index in [4.69, 9.17) is 0 Å². The Bertz CT molecular complexity index is 592. The van der Waals surface area contributed by atoms with Gasteiger partial charge in [0.25, 0.3) is 0 Å². The number of anilines is 2. The lowest BCUT2D eigenvalue weighted by Crippen LogP contribution is -2.34. The first-order valence-electron chi connectivity index (χ1n) is 7.95. The van der Waals surface area contributed by atoms with Crippen LogP contribution in [-0.4, -0.2) is 19.1 Å². The standard InChI is InChI=1S/C19H24N2/c1-3-21(18-7-5-4-6-8-18)15(2)13-16-9-10-19-17(14-16)11-12-20-19/h4-10,14-15,20H,3,11-13H2,1-2H3. The molecule has 2 aromatic rings. The fourth-order valence-electron chi connectivity index (χ4n) is 3.30. The number of nitrogens with zero attached hydrogens (tertiary/aromatic N) is 1. The van der Waals surface area contributed by atoms with Gasteiger partial charge in [0.15, 0.2) is 0 Å². The molecular weight excluding hydrogens is 256 g/mol. The van der Waals surface area contributed by atoms with Crippen LogP contribution in [0.15, 0.2) is 48.5 Å². The van der Waals surface area contributed by atoms with E-state index in [1.165, 1.54) is 22.5 Å². The molecule has 0 radical (unpaired) electrons. The molecule has 0 fully saturated rings. The lowest BCUT2D eigenvalue weighted by atomic mass is 10.0. The number of nitrogens with one attached hydrogen (secondary N) is 1. The molecule has 0 bridgehead atoms. The van der Waals surface area contributed by atoms with Crippen LogP contribution >= 0.6 is 0 Å². The fraction of sp³-hybridized carbons (Fsp3) is 0.368. The van der Waals surface area contributed by atoms with Gasteiger partial charge >= 0.3 is 0 Å². The molecule has 1 unspecified atom stereocenters. The zero-order valence-corrected chi connectivity index (χ0v) is 13.0. The first-order valence-corrected chi connectivity index (χ1v) is 7.95. The maximum absolute atomic E-state index is 3.43. The van der Waals surface area contributed by atoms with Gasteiger partial charge in [0, 0.05) is 30.5 Å². The molecule has 2 aromatic carbocycles. The quantitative estimate of drug-likeness (QED) is 0.886. The summed E-state index contributed by atoms with van der Waals surface area (Å²) in [6, 6.07) is 18.1. The van der Waals surface area contributed by atoms with Crippen molar-refractivity contribution in [3.8, 4) is 0 Å². The molecule has 0 saturated carbocycles. The van der Waals surface area contributed by atoms with E-state index in [2.05, 4.69) is 72.6 Å². The Kier molecular flexibility index (Phi) is 4.14. The van der Waals surface area contributed by atoms with Gasteiger partial charge in [0.05, 0.1) is 0 Å². The Labute approximate surface area is 127 Å². The maximum Gasteiger partial charge on any atom is 0.0373 e. The summed E-state index contributed by atoms with van der Waals surface area (Å²) >= 11 is 0. The number of para-hydroxylation sites is 1. The molecule has 0 aromatic heterocycles. The molecule has 1 heterocycles. The molecule has 21 heavy (non-hydrogen) atoms. The molecule has 1 atom stereocenters. The van der Waals surface area contributed by atoms with Crippen LogP contribution < -0.4 is 10.2 Å². The molecule has 2 nitrogen and oxygen atoms in total. The van der Waals surface area contributed by atoms with Gasteiger partial charge in [-0.25, -0.2) is 0 Å². The highest BCUT2D eigenvalue weighted by molar-refractivity contribution is 5.56. The summed E-state index contributed by atoms with van der Waals surface area (Å²) in [4.78, 5) is 2.48. The van der Waals surface area contributed by atoms with Gasteiger partial charge in [-0.1, -0.05) is 30.3 Å². The van der Waals surface area contributed by atoms with Gasteiger partial charge in [-0.2, -0.15) is 0 Å². The molecule has 1 aliphatic heterocycles. The molecule has 110 valence electrons. The summed E-state index contributed by atoms with van der Waals surface area (Å²) < 4.78 is 0. The van der Waals surface area contributed by atoms with Crippen LogP contribution in [0, 0.1) is 0 Å². The van der Waals surface area contributed by atoms with Gasteiger partial charge < -0.3 is 10.2 Å². The van der Waals surface area contributed by atoms with Crippen molar-refractivity contribution in [3.05, 3.63) is 59.7 Å². The molecule has 0 spiro atoms. The second kappa shape index (κ2) is 6.21. The van der Waals surface area contributed by atoms with Crippen LogP contribution in [0.5, 0.6) is 0 Å². The lowest BCUT2D eigenvalue weighted by molar-refractivity contribution is 0.645. The summed E-state index contributed by atoms with van der Waals surface area (Å²) in [6.45, 7) is 6.68. The number of benzene rings is 2. The fourth-order valence-corrected chi connectivity index (χ4v) is 3.30. The van der Waals surface area contributed by atoms with Crippen LogP contribution in [0.2, 0.25) is 0 Å². The number of rotatable bonds is 5. The van der Waals surface area contributed by atoms with E-state index >= 15 is 0 Å². The monoisotopic (exact) mass is 280 g/mol. The molecule has 0 amide bonds. The van der Waals surface area contributed by atoms with Gasteiger partial charge in [0.2, 0.25) is 0 Å². The first kappa shape index (κ1) is 14.0. The average molecular weight is 280 g/mol. The van der Waals surface area contributed by atoms with Crippen molar-refractivity contribution in [2.75, 3.05) is 23.3 Å². The second-order valence-corrected chi connectivity index (χ2v) is 5.84. The number of hydrogen-bond acceptors (Lipinski definition) is 2. The number of fused-ring (bicyclic) bond motifs is 1. The largest absolute Gasteiger partial charge is 0.384 e. The van der Waals surface area contributed by atoms with Crippen molar-refractivity contribution < 1.29 is 0 Å². The van der Waals surface area contributed by atoms with E-state index in [1.54, 1.807) is 0 Å². The van der Waals surface area contributed by atoms with E-state index in [-0.39, 0.29) is 0 Å². The van der Waals surface area contributed by atoms with E-state index in [0.29, 0.717) is 6.04 Å². The Hall–Kier alpha value is -1.96. The molecule has 0 saturated heterocycles. The zero-order chi connectivity index (χ0) is 14.7. The SMILES string of the molecule is CCN(c1ccccc1)C(C)Cc1ccc2c(c1)CCN2. The van der Waals surface area contributed by atoms with Crippen LogP contribution in [0.4, 0.5) is 11.4 Å². The van der Waals surface area contributed by atoms with Gasteiger partial charge in [-0.05, 0) is 56.0 Å². The zero-order valence-electron chi connectivity index (χ0n) is 13.0. The number of hydrogen-bond donors (Lipinski definition) is 1. The van der Waals surface area contributed by atoms with Crippen molar-refractivity contribution in [3.63, 3.8) is 0 Å². The first-order chi connectivity index (χ1) is 10.3. The van der Waals surface area contributed by atoms with Crippen LogP contribution in [0.3, 0.4) is 0 Å². The minimum absolute atomic E-state index is 0.504. The van der Waals surface area contributed by atoms with Crippen LogP contribution in [0.25, 0.3) is 0 Å². The Morgan fingerprint density at radius 3 is 2.71 bits per heavy atom. The summed E-state index contributed by atoms with van der Waals surface area (Å²) in [6.07, 6.45) is 2.25. The Balaban J connectivity index is 1.74. The van der Waals surface area contributed by atoms with Crippen molar-refractivity contribution >= 4 is 11.4 Å². The van der Waals surface area contributed by atoms with E-state index in [1.807, 2.05) is 0 Å². The molecule has 1 aliphatic rings. The second-order valence-electron chi connectivity index (χ2n) is 5.84. The van der Waals surface area contributed by atoms with E-state index in [0.717, 1.165) is 25.9 Å². The third-order valence-electron chi connectivity index (χ3n) is 4.37. The highest BCUT2D eigenvalue weighted by Crippen LogP contribution is 2.25. The normalized spacial score (nSPS) is 14.4. The summed E-state index contributed by atoms with van der Waals surface area (Å²) in [5.41, 5.74) is 5.55. The van der Waals surface area contributed by atoms with Crippen molar-refractivity contribution in [2.24, 2.45) is 0 Å². The van der Waals surface area contributed by atoms with E-state index in [9.17, 15) is 0 Å². The van der Waals surface area contributed by atoms with Crippen molar-refractivity contribution in [1.82, 2.24) is 0 Å². The van der Waals surface area contributed by atoms with Gasteiger partial charge in [-0.15, -0.1) is 0 Å². The van der Waals surface area contributed by atoms with Crippen LogP contribution in [-0.2, 0) is 12.8 Å². The predicted molar refractivity (Wildman–Crippen MR) is 91.3 cm³/mol. The molecule has 0 aliphatic carbocycles. The minimum Gasteiger partial charge on any atom is -0.384 e. The Morgan fingerprint density at radius 1 is 1.14 bits per heavy atom. The van der Waals surface area contributed by atoms with Crippen molar-refractivity contribution in [1.29, 1.82) is 0 Å². The number of likely N-dealkylation sites (N-methyl/N-ethyl adjacent to an activating group) is 1. The Morgan fingerprint density at radius 2 is 1.95 bits per heavy atom. The molecular formula is C19H24N2. The average Bonchev–Trinajstić information content (AvgIpc) is 2.96. The highest BCUT2D eigenvalue weighted by atomic mass is 15.1. The van der Waals surface area contributed by atoms with Gasteiger partial charge in [0.1, 0.15) is 0 Å². The van der Waals surface area contributed by atoms with Gasteiger partial charge in [-0.3, -0.25) is 0 Å². The smallest absolute Gasteiger partial charge is 0.0373 e. The summed E-state index contributed by atoms with van der Waals surface area (Å²) in [5.74, 6) is 0. The summed E-state index contributed by atoms with van der Waals surface area (Å²) in [5, 5.41) is 3.43. The van der Waals surface area contributed by atoms with Crippen molar-refractivity contribution in [2.45, 2.75) is 32.7 Å². The predicted octanol–water partition coefficient (Wildman–Crippen LogP) is 4.11.